The smallest absolute Gasteiger partial charge is 0.318 e. The van der Waals surface area contributed by atoms with Crippen LogP contribution in [0.15, 0.2) is 36.4 Å². The summed E-state index contributed by atoms with van der Waals surface area (Å²) in [6.07, 6.45) is 4.59. The molecule has 5 heterocycles. The average molecular weight is 685 g/mol. The minimum atomic E-state index is -0.330. The van der Waals surface area contributed by atoms with Crippen LogP contribution in [0, 0.1) is 17.2 Å². The summed E-state index contributed by atoms with van der Waals surface area (Å²) < 4.78 is 6.35. The first-order chi connectivity index (χ1) is 23.8. The van der Waals surface area contributed by atoms with E-state index >= 15 is 0 Å². The third kappa shape index (κ3) is 6.86. The molecule has 1 unspecified atom stereocenters. The highest BCUT2D eigenvalue weighted by Crippen LogP contribution is 2.37. The molecule has 1 aromatic heterocycles. The first kappa shape index (κ1) is 33.4. The van der Waals surface area contributed by atoms with Crippen LogP contribution in [-0.2, 0) is 22.6 Å². The van der Waals surface area contributed by atoms with Crippen molar-refractivity contribution in [2.24, 2.45) is 5.92 Å². The molecule has 258 valence electrons. The molecule has 0 N–H and O–H groups in total. The molecule has 3 atom stereocenters. The number of amides is 2. The Bertz CT molecular complexity index is 1760. The number of carbonyl (C=O) groups is 2. The number of likely N-dealkylation sites (N-methyl/N-ethyl adjacent to an activating group) is 1. The second-order valence-electron chi connectivity index (χ2n) is 14.0. The molecule has 3 fully saturated rings. The van der Waals surface area contributed by atoms with Gasteiger partial charge < -0.3 is 29.2 Å². The van der Waals surface area contributed by atoms with Crippen LogP contribution in [0.1, 0.15) is 50.3 Å². The second kappa shape index (κ2) is 14.4. The zero-order valence-corrected chi connectivity index (χ0v) is 29.2. The molecule has 0 aliphatic carbocycles. The molecule has 0 bridgehead atoms. The van der Waals surface area contributed by atoms with E-state index in [2.05, 4.69) is 52.1 Å². The number of anilines is 2. The van der Waals surface area contributed by atoms with Crippen LogP contribution in [0.5, 0.6) is 6.01 Å². The molecule has 4 aliphatic heterocycles. The van der Waals surface area contributed by atoms with Crippen LogP contribution in [0.25, 0.3) is 10.8 Å². The minimum Gasteiger partial charge on any atom is -0.462 e. The number of benzene rings is 2. The van der Waals surface area contributed by atoms with Crippen LogP contribution >= 0.6 is 11.6 Å². The minimum absolute atomic E-state index is 0.00147. The lowest BCUT2D eigenvalue weighted by molar-refractivity contribution is -0.139. The number of carbonyl (C=O) groups excluding carboxylic acids is 2. The Morgan fingerprint density at radius 3 is 2.63 bits per heavy atom. The quantitative estimate of drug-likeness (QED) is 0.322. The lowest BCUT2D eigenvalue weighted by Gasteiger charge is -2.43. The lowest BCUT2D eigenvalue weighted by atomic mass is 10.0. The van der Waals surface area contributed by atoms with Crippen molar-refractivity contribution in [3.8, 4) is 12.1 Å². The van der Waals surface area contributed by atoms with Gasteiger partial charge in [0.1, 0.15) is 12.4 Å². The zero-order valence-electron chi connectivity index (χ0n) is 28.5. The van der Waals surface area contributed by atoms with Crippen LogP contribution in [0.2, 0.25) is 5.02 Å². The van der Waals surface area contributed by atoms with Crippen molar-refractivity contribution >= 4 is 45.7 Å². The van der Waals surface area contributed by atoms with E-state index in [1.54, 1.807) is 4.90 Å². The summed E-state index contributed by atoms with van der Waals surface area (Å²) in [4.78, 5) is 46.6. The molecule has 3 saturated heterocycles. The molecular formula is C37H45ClN8O3. The fraction of sp³-hybridized carbons (Fsp3) is 0.541. The number of ether oxygens (including phenoxy) is 1. The molecular weight excluding hydrogens is 640 g/mol. The fourth-order valence-corrected chi connectivity index (χ4v) is 8.31. The largest absolute Gasteiger partial charge is 0.462 e. The van der Waals surface area contributed by atoms with Gasteiger partial charge in [-0.2, -0.15) is 15.2 Å². The molecule has 0 radical (unpaired) electrons. The van der Waals surface area contributed by atoms with E-state index in [1.807, 2.05) is 24.0 Å². The summed E-state index contributed by atoms with van der Waals surface area (Å²) in [6.45, 7) is 7.51. The molecule has 12 heteroatoms. The van der Waals surface area contributed by atoms with Gasteiger partial charge in [-0.25, -0.2) is 0 Å². The van der Waals surface area contributed by atoms with E-state index < -0.39 is 0 Å². The zero-order chi connectivity index (χ0) is 34.1. The SMILES string of the molecule is CC(CN1CCCC1=O)C(=O)N1CCN(c2nc(OC[C@@H]3CCCN3C)nc3c2CCN(c2cccc4cccc(Cl)c24)C3)C[C@@H]1CC#N. The Morgan fingerprint density at radius 2 is 1.88 bits per heavy atom. The maximum absolute atomic E-state index is 13.7. The molecule has 4 aliphatic rings. The number of piperazine rings is 1. The molecule has 49 heavy (non-hydrogen) atoms. The maximum atomic E-state index is 13.7. The van der Waals surface area contributed by atoms with Gasteiger partial charge in [0.15, 0.2) is 0 Å². The monoisotopic (exact) mass is 684 g/mol. The molecule has 3 aromatic rings. The normalized spacial score (nSPS) is 22.0. The predicted octanol–water partition coefficient (Wildman–Crippen LogP) is 4.51. The average Bonchev–Trinajstić information content (AvgIpc) is 3.72. The number of fused-ring (bicyclic) bond motifs is 2. The summed E-state index contributed by atoms with van der Waals surface area (Å²) in [7, 11) is 2.13. The van der Waals surface area contributed by atoms with Crippen molar-refractivity contribution in [1.82, 2.24) is 24.7 Å². The number of likely N-dealkylation sites (tertiary alicyclic amines) is 2. The topological polar surface area (TPSA) is 109 Å². The number of hydrogen-bond donors (Lipinski definition) is 0. The van der Waals surface area contributed by atoms with E-state index in [9.17, 15) is 14.9 Å². The molecule has 2 aromatic carbocycles. The number of nitriles is 1. The Hall–Kier alpha value is -4.14. The summed E-state index contributed by atoms with van der Waals surface area (Å²) in [5, 5.41) is 12.7. The van der Waals surface area contributed by atoms with Gasteiger partial charge in [0, 0.05) is 68.4 Å². The second-order valence-corrected chi connectivity index (χ2v) is 14.4. The highest BCUT2D eigenvalue weighted by molar-refractivity contribution is 6.36. The summed E-state index contributed by atoms with van der Waals surface area (Å²) in [5.74, 6) is 0.620. The summed E-state index contributed by atoms with van der Waals surface area (Å²) >= 11 is 6.74. The summed E-state index contributed by atoms with van der Waals surface area (Å²) in [6, 6.07) is 15.0. The van der Waals surface area contributed by atoms with Crippen molar-refractivity contribution in [2.75, 3.05) is 69.3 Å². The van der Waals surface area contributed by atoms with E-state index in [1.165, 1.54) is 0 Å². The van der Waals surface area contributed by atoms with Gasteiger partial charge in [0.25, 0.3) is 0 Å². The van der Waals surface area contributed by atoms with Gasteiger partial charge in [-0.15, -0.1) is 0 Å². The first-order valence-electron chi connectivity index (χ1n) is 17.7. The highest BCUT2D eigenvalue weighted by Gasteiger charge is 2.37. The molecule has 0 saturated carbocycles. The summed E-state index contributed by atoms with van der Waals surface area (Å²) in [5.41, 5.74) is 3.09. The van der Waals surface area contributed by atoms with E-state index in [0.717, 1.165) is 77.3 Å². The Balaban J connectivity index is 1.16. The Morgan fingerprint density at radius 1 is 1.04 bits per heavy atom. The first-order valence-corrected chi connectivity index (χ1v) is 18.0. The van der Waals surface area contributed by atoms with Crippen molar-refractivity contribution in [3.05, 3.63) is 52.7 Å². The van der Waals surface area contributed by atoms with E-state index in [-0.39, 0.29) is 30.2 Å². The van der Waals surface area contributed by atoms with Crippen molar-refractivity contribution in [3.63, 3.8) is 0 Å². The number of hydrogen-bond acceptors (Lipinski definition) is 9. The molecule has 2 amide bonds. The third-order valence-corrected chi connectivity index (χ3v) is 11.1. The van der Waals surface area contributed by atoms with Crippen molar-refractivity contribution < 1.29 is 14.3 Å². The van der Waals surface area contributed by atoms with E-state index in [0.29, 0.717) is 64.3 Å². The maximum Gasteiger partial charge on any atom is 0.318 e. The van der Waals surface area contributed by atoms with Gasteiger partial charge >= 0.3 is 6.01 Å². The van der Waals surface area contributed by atoms with E-state index in [4.69, 9.17) is 26.3 Å². The Labute approximate surface area is 293 Å². The third-order valence-electron chi connectivity index (χ3n) is 10.8. The van der Waals surface area contributed by atoms with Gasteiger partial charge in [-0.1, -0.05) is 42.8 Å². The number of nitrogens with zero attached hydrogens (tertiary/aromatic N) is 8. The van der Waals surface area contributed by atoms with Gasteiger partial charge in [0.2, 0.25) is 11.8 Å². The van der Waals surface area contributed by atoms with Gasteiger partial charge in [-0.05, 0) is 56.8 Å². The van der Waals surface area contributed by atoms with Crippen LogP contribution < -0.4 is 14.5 Å². The van der Waals surface area contributed by atoms with Crippen LogP contribution in [-0.4, -0.2) is 108 Å². The Kier molecular flexibility index (Phi) is 9.79. The number of rotatable bonds is 9. The van der Waals surface area contributed by atoms with Crippen molar-refractivity contribution in [1.29, 1.82) is 5.26 Å². The van der Waals surface area contributed by atoms with Gasteiger partial charge in [-0.3, -0.25) is 9.59 Å². The standard InChI is InChI=1S/C37H45ClN8O3/c1-25(21-44-17-6-12-33(44)47)36(48)46-20-19-45(22-27(46)13-15-39)35-29-14-18-43(32-11-4-8-26-7-3-10-30(38)34(26)32)23-31(29)40-37(41-35)49-24-28-9-5-16-42(28)2/h3-4,7-8,10-11,25,27-28H,5-6,9,12-14,16-24H2,1-2H3/t25?,27-,28-/m0/s1. The molecule has 0 spiro atoms. The van der Waals surface area contributed by atoms with Crippen LogP contribution in [0.3, 0.4) is 0 Å². The number of halogens is 1. The molecule has 11 nitrogen and oxygen atoms in total. The predicted molar refractivity (Wildman–Crippen MR) is 190 cm³/mol. The van der Waals surface area contributed by atoms with Crippen molar-refractivity contribution in [2.45, 2.75) is 64.1 Å². The number of aromatic nitrogens is 2. The molecule has 7 rings (SSSR count). The van der Waals surface area contributed by atoms with Crippen LogP contribution in [0.4, 0.5) is 11.5 Å². The lowest BCUT2D eigenvalue weighted by Crippen LogP contribution is -2.57. The highest BCUT2D eigenvalue weighted by atomic mass is 35.5. The fourth-order valence-electron chi connectivity index (χ4n) is 8.03. The van der Waals surface area contributed by atoms with Gasteiger partial charge in [0.05, 0.1) is 41.7 Å².